The van der Waals surface area contributed by atoms with Gasteiger partial charge >= 0.3 is 0 Å². The van der Waals surface area contributed by atoms with Gasteiger partial charge in [0.25, 0.3) is 0 Å². The molecule has 0 aliphatic carbocycles. The monoisotopic (exact) mass is 307 g/mol. The maximum atomic E-state index is 12.6. The van der Waals surface area contributed by atoms with Gasteiger partial charge in [0.05, 0.1) is 12.2 Å². The number of carbonyl (C=O) groups is 1. The van der Waals surface area contributed by atoms with Gasteiger partial charge in [-0.15, -0.1) is 0 Å². The van der Waals surface area contributed by atoms with Crippen molar-refractivity contribution in [2.24, 2.45) is 5.41 Å². The van der Waals surface area contributed by atoms with Gasteiger partial charge in [0.2, 0.25) is 5.91 Å². The molecule has 0 fully saturated rings. The quantitative estimate of drug-likeness (QED) is 0.780. The van der Waals surface area contributed by atoms with E-state index in [-0.39, 0.29) is 5.91 Å². The SMILES string of the molecule is CNC(=S)Nc1ccc2c(c1)N(C(=O)C(C)(C)C)CCO2. The van der Waals surface area contributed by atoms with Crippen molar-refractivity contribution in [3.8, 4) is 5.75 Å². The third-order valence-electron chi connectivity index (χ3n) is 3.19. The predicted molar refractivity (Wildman–Crippen MR) is 89.0 cm³/mol. The molecular weight excluding hydrogens is 286 g/mol. The van der Waals surface area contributed by atoms with E-state index in [0.717, 1.165) is 17.1 Å². The summed E-state index contributed by atoms with van der Waals surface area (Å²) in [6.07, 6.45) is 0. The Morgan fingerprint density at radius 2 is 2.10 bits per heavy atom. The number of nitrogens with one attached hydrogen (secondary N) is 2. The van der Waals surface area contributed by atoms with Crippen molar-refractivity contribution in [2.45, 2.75) is 20.8 Å². The van der Waals surface area contributed by atoms with Crippen LogP contribution in [0, 0.1) is 5.41 Å². The Hall–Kier alpha value is -1.82. The van der Waals surface area contributed by atoms with Gasteiger partial charge in [-0.05, 0) is 30.4 Å². The lowest BCUT2D eigenvalue weighted by Gasteiger charge is -2.34. The normalized spacial score (nSPS) is 14.0. The number of carbonyl (C=O) groups excluding carboxylic acids is 1. The molecule has 21 heavy (non-hydrogen) atoms. The maximum absolute atomic E-state index is 12.6. The van der Waals surface area contributed by atoms with Crippen LogP contribution in [0.15, 0.2) is 18.2 Å². The summed E-state index contributed by atoms with van der Waals surface area (Å²) in [7, 11) is 1.76. The molecule has 1 aromatic rings. The van der Waals surface area contributed by atoms with Gasteiger partial charge in [0, 0.05) is 18.2 Å². The van der Waals surface area contributed by atoms with E-state index in [9.17, 15) is 4.79 Å². The minimum atomic E-state index is -0.432. The highest BCUT2D eigenvalue weighted by atomic mass is 32.1. The molecule has 0 saturated heterocycles. The van der Waals surface area contributed by atoms with E-state index in [1.807, 2.05) is 39.0 Å². The van der Waals surface area contributed by atoms with Gasteiger partial charge in [-0.1, -0.05) is 20.8 Å². The predicted octanol–water partition coefficient (Wildman–Crippen LogP) is 2.37. The molecule has 0 saturated carbocycles. The molecule has 2 N–H and O–H groups in total. The highest BCUT2D eigenvalue weighted by Crippen LogP contribution is 2.36. The second kappa shape index (κ2) is 5.89. The molecule has 1 aliphatic heterocycles. The molecule has 0 aromatic heterocycles. The smallest absolute Gasteiger partial charge is 0.232 e. The molecule has 1 aliphatic rings. The number of nitrogens with zero attached hydrogens (tertiary/aromatic N) is 1. The molecule has 1 heterocycles. The Bertz CT molecular complexity index is 567. The first-order valence-corrected chi connectivity index (χ1v) is 7.31. The summed E-state index contributed by atoms with van der Waals surface area (Å²) < 4.78 is 5.63. The van der Waals surface area contributed by atoms with Crippen molar-refractivity contribution in [1.82, 2.24) is 5.32 Å². The Morgan fingerprint density at radius 3 is 2.71 bits per heavy atom. The molecule has 0 radical (unpaired) electrons. The first-order chi connectivity index (χ1) is 9.82. The summed E-state index contributed by atoms with van der Waals surface area (Å²) >= 11 is 5.10. The van der Waals surface area contributed by atoms with E-state index in [2.05, 4.69) is 10.6 Å². The molecule has 1 aromatic carbocycles. The van der Waals surface area contributed by atoms with Crippen molar-refractivity contribution in [1.29, 1.82) is 0 Å². The zero-order valence-electron chi connectivity index (χ0n) is 12.8. The van der Waals surface area contributed by atoms with Crippen LogP contribution in [0.25, 0.3) is 0 Å². The number of hydrogen-bond acceptors (Lipinski definition) is 3. The van der Waals surface area contributed by atoms with Crippen LogP contribution >= 0.6 is 12.2 Å². The fourth-order valence-corrected chi connectivity index (χ4v) is 2.22. The van der Waals surface area contributed by atoms with Crippen LogP contribution in [0.1, 0.15) is 20.8 Å². The summed E-state index contributed by atoms with van der Waals surface area (Å²) in [6, 6.07) is 5.63. The number of amides is 1. The Morgan fingerprint density at radius 1 is 1.38 bits per heavy atom. The lowest BCUT2D eigenvalue weighted by atomic mass is 9.94. The van der Waals surface area contributed by atoms with E-state index < -0.39 is 5.41 Å². The second-order valence-corrected chi connectivity index (χ2v) is 6.35. The zero-order chi connectivity index (χ0) is 15.6. The summed E-state index contributed by atoms with van der Waals surface area (Å²) in [6.45, 7) is 6.83. The fourth-order valence-electron chi connectivity index (χ4n) is 2.10. The zero-order valence-corrected chi connectivity index (χ0v) is 13.6. The number of anilines is 2. The van der Waals surface area contributed by atoms with Gasteiger partial charge < -0.3 is 20.3 Å². The molecule has 0 atom stereocenters. The number of benzene rings is 1. The molecule has 6 heteroatoms. The molecule has 1 amide bonds. The van der Waals surface area contributed by atoms with Crippen molar-refractivity contribution in [2.75, 3.05) is 30.4 Å². The second-order valence-electron chi connectivity index (χ2n) is 5.94. The van der Waals surface area contributed by atoms with Gasteiger partial charge in [0.1, 0.15) is 12.4 Å². The van der Waals surface area contributed by atoms with E-state index >= 15 is 0 Å². The minimum absolute atomic E-state index is 0.0837. The molecule has 0 unspecified atom stereocenters. The summed E-state index contributed by atoms with van der Waals surface area (Å²) in [4.78, 5) is 14.4. The molecule has 114 valence electrons. The van der Waals surface area contributed by atoms with Gasteiger partial charge in [-0.2, -0.15) is 0 Å². The van der Waals surface area contributed by atoms with Crippen LogP contribution in [0.5, 0.6) is 5.75 Å². The van der Waals surface area contributed by atoms with Crippen LogP contribution in [-0.2, 0) is 4.79 Å². The number of rotatable bonds is 1. The minimum Gasteiger partial charge on any atom is -0.490 e. The number of thiocarbonyl (C=S) groups is 1. The van der Waals surface area contributed by atoms with Gasteiger partial charge in [0.15, 0.2) is 5.11 Å². The summed E-state index contributed by atoms with van der Waals surface area (Å²) in [5, 5.41) is 6.46. The molecule has 2 rings (SSSR count). The Kier molecular flexibility index (Phi) is 4.37. The fraction of sp³-hybridized carbons (Fsp3) is 0.467. The van der Waals surface area contributed by atoms with Crippen LogP contribution in [-0.4, -0.2) is 31.2 Å². The van der Waals surface area contributed by atoms with Crippen LogP contribution in [0.4, 0.5) is 11.4 Å². The molecule has 5 nitrogen and oxygen atoms in total. The first-order valence-electron chi connectivity index (χ1n) is 6.90. The highest BCUT2D eigenvalue weighted by Gasteiger charge is 2.31. The summed E-state index contributed by atoms with van der Waals surface area (Å²) in [5.74, 6) is 0.806. The average Bonchev–Trinajstić information content (AvgIpc) is 2.44. The third kappa shape index (κ3) is 3.44. The van der Waals surface area contributed by atoms with Crippen LogP contribution in [0.2, 0.25) is 0 Å². The van der Waals surface area contributed by atoms with Gasteiger partial charge in [-0.25, -0.2) is 0 Å². The highest BCUT2D eigenvalue weighted by molar-refractivity contribution is 7.80. The van der Waals surface area contributed by atoms with E-state index in [0.29, 0.717) is 18.3 Å². The number of ether oxygens (including phenoxy) is 1. The van der Waals surface area contributed by atoms with Crippen LogP contribution < -0.4 is 20.3 Å². The molecular formula is C15H21N3O2S. The van der Waals surface area contributed by atoms with E-state index in [1.54, 1.807) is 11.9 Å². The molecule has 0 spiro atoms. The lowest BCUT2D eigenvalue weighted by Crippen LogP contribution is -2.44. The Labute approximate surface area is 130 Å². The van der Waals surface area contributed by atoms with Gasteiger partial charge in [-0.3, -0.25) is 4.79 Å². The van der Waals surface area contributed by atoms with Crippen molar-refractivity contribution >= 4 is 34.6 Å². The average molecular weight is 307 g/mol. The third-order valence-corrected chi connectivity index (χ3v) is 3.50. The van der Waals surface area contributed by atoms with Crippen molar-refractivity contribution in [3.05, 3.63) is 18.2 Å². The Balaban J connectivity index is 2.34. The molecule has 0 bridgehead atoms. The summed E-state index contributed by atoms with van der Waals surface area (Å²) in [5.41, 5.74) is 1.17. The topological polar surface area (TPSA) is 53.6 Å². The van der Waals surface area contributed by atoms with Crippen LogP contribution in [0.3, 0.4) is 0 Å². The maximum Gasteiger partial charge on any atom is 0.232 e. The standard InChI is InChI=1S/C15H21N3O2S/c1-15(2,3)13(19)18-7-8-20-12-6-5-10(9-11(12)18)17-14(21)16-4/h5-6,9H,7-8H2,1-4H3,(H2,16,17,21). The van der Waals surface area contributed by atoms with E-state index in [4.69, 9.17) is 17.0 Å². The van der Waals surface area contributed by atoms with Crippen molar-refractivity contribution < 1.29 is 9.53 Å². The largest absolute Gasteiger partial charge is 0.490 e. The number of fused-ring (bicyclic) bond motifs is 1. The van der Waals surface area contributed by atoms with Crippen molar-refractivity contribution in [3.63, 3.8) is 0 Å². The number of hydrogen-bond donors (Lipinski definition) is 2. The lowest BCUT2D eigenvalue weighted by molar-refractivity contribution is -0.126. The van der Waals surface area contributed by atoms with E-state index in [1.165, 1.54) is 0 Å². The first kappa shape index (κ1) is 15.6.